The van der Waals surface area contributed by atoms with E-state index in [0.717, 1.165) is 13.0 Å². The van der Waals surface area contributed by atoms with E-state index in [0.29, 0.717) is 16.4 Å². The fraction of sp³-hybridized carbons (Fsp3) is 0.364. The lowest BCUT2D eigenvalue weighted by Gasteiger charge is -2.11. The molecule has 0 unspecified atom stereocenters. The van der Waals surface area contributed by atoms with Crippen LogP contribution >= 0.6 is 12.2 Å². The standard InChI is InChI=1S/C11H15N3O2S/c1-3-7-12-11(17)13-9-5-4-6-10(8(9)2)14(15)16/h4-6H,3,7H2,1-2H3,(H2,12,13,17). The third-order valence-electron chi connectivity index (χ3n) is 2.29. The molecule has 0 bridgehead atoms. The quantitative estimate of drug-likeness (QED) is 0.490. The van der Waals surface area contributed by atoms with Gasteiger partial charge >= 0.3 is 0 Å². The maximum atomic E-state index is 10.8. The van der Waals surface area contributed by atoms with Crippen molar-refractivity contribution in [3.8, 4) is 0 Å². The molecular weight excluding hydrogens is 238 g/mol. The Morgan fingerprint density at radius 3 is 2.82 bits per heavy atom. The minimum Gasteiger partial charge on any atom is -0.362 e. The fourth-order valence-corrected chi connectivity index (χ4v) is 1.57. The van der Waals surface area contributed by atoms with Gasteiger partial charge in [-0.2, -0.15) is 0 Å². The van der Waals surface area contributed by atoms with Crippen molar-refractivity contribution in [3.63, 3.8) is 0 Å². The lowest BCUT2D eigenvalue weighted by atomic mass is 10.1. The zero-order valence-corrected chi connectivity index (χ0v) is 10.6. The Kier molecular flexibility index (Phi) is 4.84. The smallest absolute Gasteiger partial charge is 0.274 e. The van der Waals surface area contributed by atoms with Crippen molar-refractivity contribution in [1.82, 2.24) is 5.32 Å². The molecule has 0 heterocycles. The normalized spacial score (nSPS) is 9.76. The lowest BCUT2D eigenvalue weighted by Crippen LogP contribution is -2.29. The first-order valence-corrected chi connectivity index (χ1v) is 5.76. The van der Waals surface area contributed by atoms with Crippen LogP contribution in [0.3, 0.4) is 0 Å². The number of rotatable bonds is 4. The van der Waals surface area contributed by atoms with Gasteiger partial charge in [-0.25, -0.2) is 0 Å². The van der Waals surface area contributed by atoms with E-state index in [9.17, 15) is 10.1 Å². The summed E-state index contributed by atoms with van der Waals surface area (Å²) in [5, 5.41) is 17.2. The maximum Gasteiger partial charge on any atom is 0.274 e. The fourth-order valence-electron chi connectivity index (χ4n) is 1.36. The van der Waals surface area contributed by atoms with Crippen LogP contribution in [0, 0.1) is 17.0 Å². The van der Waals surface area contributed by atoms with Gasteiger partial charge in [-0.1, -0.05) is 13.0 Å². The van der Waals surface area contributed by atoms with Crippen molar-refractivity contribution in [1.29, 1.82) is 0 Å². The van der Waals surface area contributed by atoms with E-state index >= 15 is 0 Å². The molecule has 0 atom stereocenters. The molecule has 1 aromatic rings. The molecule has 0 aliphatic heterocycles. The number of hydrogen-bond donors (Lipinski definition) is 2. The van der Waals surface area contributed by atoms with Crippen LogP contribution in [0.4, 0.5) is 11.4 Å². The van der Waals surface area contributed by atoms with E-state index in [4.69, 9.17) is 12.2 Å². The molecule has 92 valence electrons. The molecule has 0 saturated heterocycles. The Balaban J connectivity index is 2.81. The number of thiocarbonyl (C=S) groups is 1. The van der Waals surface area contributed by atoms with Crippen LogP contribution in [-0.2, 0) is 0 Å². The second-order valence-electron chi connectivity index (χ2n) is 3.59. The topological polar surface area (TPSA) is 67.2 Å². The number of nitrogens with one attached hydrogen (secondary N) is 2. The summed E-state index contributed by atoms with van der Waals surface area (Å²) in [6.07, 6.45) is 0.968. The number of nitro benzene ring substituents is 1. The zero-order valence-electron chi connectivity index (χ0n) is 9.82. The summed E-state index contributed by atoms with van der Waals surface area (Å²) in [6.45, 7) is 4.51. The van der Waals surface area contributed by atoms with Crippen LogP contribution < -0.4 is 10.6 Å². The molecule has 0 radical (unpaired) electrons. The summed E-state index contributed by atoms with van der Waals surface area (Å²) in [5.74, 6) is 0. The highest BCUT2D eigenvalue weighted by Gasteiger charge is 2.13. The third kappa shape index (κ3) is 3.67. The highest BCUT2D eigenvalue weighted by atomic mass is 32.1. The van der Waals surface area contributed by atoms with Crippen LogP contribution in [0.2, 0.25) is 0 Å². The Bertz CT molecular complexity index is 435. The first kappa shape index (κ1) is 13.4. The average Bonchev–Trinajstić information content (AvgIpc) is 2.28. The number of nitrogens with zero attached hydrogens (tertiary/aromatic N) is 1. The zero-order chi connectivity index (χ0) is 12.8. The predicted octanol–water partition coefficient (Wildman–Crippen LogP) is 2.60. The van der Waals surface area contributed by atoms with E-state index in [1.54, 1.807) is 19.1 Å². The summed E-state index contributed by atoms with van der Waals surface area (Å²) < 4.78 is 0. The van der Waals surface area contributed by atoms with Crippen LogP contribution in [0.5, 0.6) is 0 Å². The number of nitro groups is 1. The van der Waals surface area contributed by atoms with Gasteiger partial charge in [0.1, 0.15) is 0 Å². The van der Waals surface area contributed by atoms with Crippen molar-refractivity contribution in [3.05, 3.63) is 33.9 Å². The third-order valence-corrected chi connectivity index (χ3v) is 2.53. The van der Waals surface area contributed by atoms with Crippen molar-refractivity contribution in [2.75, 3.05) is 11.9 Å². The maximum absolute atomic E-state index is 10.8. The van der Waals surface area contributed by atoms with Crippen LogP contribution in [-0.4, -0.2) is 16.6 Å². The van der Waals surface area contributed by atoms with Crippen molar-refractivity contribution in [2.24, 2.45) is 0 Å². The Morgan fingerprint density at radius 2 is 2.24 bits per heavy atom. The molecule has 17 heavy (non-hydrogen) atoms. The van der Waals surface area contributed by atoms with Crippen molar-refractivity contribution < 1.29 is 4.92 Å². The summed E-state index contributed by atoms with van der Waals surface area (Å²) in [7, 11) is 0. The highest BCUT2D eigenvalue weighted by Crippen LogP contribution is 2.24. The monoisotopic (exact) mass is 253 g/mol. The lowest BCUT2D eigenvalue weighted by molar-refractivity contribution is -0.385. The van der Waals surface area contributed by atoms with E-state index in [-0.39, 0.29) is 5.69 Å². The van der Waals surface area contributed by atoms with Crippen molar-refractivity contribution in [2.45, 2.75) is 20.3 Å². The SMILES string of the molecule is CCCNC(=S)Nc1cccc([N+](=O)[O-])c1C. The molecule has 5 nitrogen and oxygen atoms in total. The van der Waals surface area contributed by atoms with Gasteiger partial charge in [0.15, 0.2) is 5.11 Å². The molecule has 0 aromatic heterocycles. The summed E-state index contributed by atoms with van der Waals surface area (Å²) in [6, 6.07) is 4.88. The van der Waals surface area contributed by atoms with E-state index in [2.05, 4.69) is 10.6 Å². The van der Waals surface area contributed by atoms with Gasteiger partial charge in [-0.15, -0.1) is 0 Å². The summed E-state index contributed by atoms with van der Waals surface area (Å²) in [4.78, 5) is 10.4. The number of hydrogen-bond acceptors (Lipinski definition) is 3. The number of benzene rings is 1. The highest BCUT2D eigenvalue weighted by molar-refractivity contribution is 7.80. The molecule has 1 aromatic carbocycles. The number of anilines is 1. The van der Waals surface area contributed by atoms with E-state index in [1.807, 2.05) is 6.92 Å². The Hall–Kier alpha value is -1.69. The minimum atomic E-state index is -0.400. The first-order chi connectivity index (χ1) is 8.06. The predicted molar refractivity (Wildman–Crippen MR) is 72.3 cm³/mol. The van der Waals surface area contributed by atoms with Gasteiger partial charge in [-0.3, -0.25) is 10.1 Å². The Labute approximate surface area is 105 Å². The molecule has 2 N–H and O–H groups in total. The molecule has 6 heteroatoms. The molecule has 1 rings (SSSR count). The largest absolute Gasteiger partial charge is 0.362 e. The average molecular weight is 253 g/mol. The van der Waals surface area contributed by atoms with Crippen LogP contribution in [0.1, 0.15) is 18.9 Å². The molecule has 0 saturated carbocycles. The molecule has 0 aliphatic carbocycles. The Morgan fingerprint density at radius 1 is 1.53 bits per heavy atom. The van der Waals surface area contributed by atoms with Crippen LogP contribution in [0.25, 0.3) is 0 Å². The molecule has 0 spiro atoms. The van der Waals surface area contributed by atoms with Gasteiger partial charge in [-0.05, 0) is 31.6 Å². The second-order valence-corrected chi connectivity index (χ2v) is 4.00. The summed E-state index contributed by atoms with van der Waals surface area (Å²) >= 11 is 5.08. The van der Waals surface area contributed by atoms with E-state index in [1.165, 1.54) is 6.07 Å². The van der Waals surface area contributed by atoms with Crippen molar-refractivity contribution >= 4 is 28.7 Å². The van der Waals surface area contributed by atoms with Gasteiger partial charge in [0, 0.05) is 18.3 Å². The molecule has 0 amide bonds. The summed E-state index contributed by atoms with van der Waals surface area (Å²) in [5.41, 5.74) is 1.33. The molecular formula is C11H15N3O2S. The van der Waals surface area contributed by atoms with Gasteiger partial charge in [0.05, 0.1) is 10.5 Å². The first-order valence-electron chi connectivity index (χ1n) is 5.35. The molecule has 0 aliphatic rings. The van der Waals surface area contributed by atoms with Gasteiger partial charge in [0.25, 0.3) is 5.69 Å². The molecule has 0 fully saturated rings. The van der Waals surface area contributed by atoms with Crippen LogP contribution in [0.15, 0.2) is 18.2 Å². The van der Waals surface area contributed by atoms with Gasteiger partial charge < -0.3 is 10.6 Å². The van der Waals surface area contributed by atoms with E-state index < -0.39 is 4.92 Å². The van der Waals surface area contributed by atoms with Gasteiger partial charge in [0.2, 0.25) is 0 Å². The second kappa shape index (κ2) is 6.15. The minimum absolute atomic E-state index is 0.0910.